The smallest absolute Gasteiger partial charge is 0.334 e. The second kappa shape index (κ2) is 6.75. The van der Waals surface area contributed by atoms with Crippen LogP contribution in [0.15, 0.2) is 30.3 Å². The van der Waals surface area contributed by atoms with E-state index in [0.717, 1.165) is 5.56 Å². The molecule has 0 aliphatic carbocycles. The zero-order chi connectivity index (χ0) is 17.1. The molecule has 1 aliphatic heterocycles. The number of carbonyl (C=O) groups is 2. The van der Waals surface area contributed by atoms with Crippen molar-refractivity contribution in [2.45, 2.75) is 19.1 Å². The highest BCUT2D eigenvalue weighted by molar-refractivity contribution is 5.81. The number of carboxylic acids is 1. The monoisotopic (exact) mass is 331 g/mol. The standard InChI is InChI=1S/C15H17N5O4/c1-10(14(21)19-7-8-24-12(9-19)15(22)23)20-17-13(16-18-20)11-5-3-2-4-6-11/h2-6,10,12H,7-9H2,1H3,(H,22,23)/t10-,12-/m0/s1. The Bertz CT molecular complexity index is 732. The van der Waals surface area contributed by atoms with Crippen LogP contribution in [0.5, 0.6) is 0 Å². The number of aromatic nitrogens is 4. The lowest BCUT2D eigenvalue weighted by molar-refractivity contribution is -0.160. The van der Waals surface area contributed by atoms with E-state index in [2.05, 4.69) is 15.4 Å². The molecule has 1 aliphatic rings. The minimum absolute atomic E-state index is 0.0126. The Morgan fingerprint density at radius 2 is 2.08 bits per heavy atom. The first kappa shape index (κ1) is 16.1. The van der Waals surface area contributed by atoms with Gasteiger partial charge >= 0.3 is 5.97 Å². The predicted octanol–water partition coefficient (Wildman–Crippen LogP) is 0.213. The van der Waals surface area contributed by atoms with Gasteiger partial charge in [0.1, 0.15) is 6.04 Å². The number of aliphatic carboxylic acids is 1. The van der Waals surface area contributed by atoms with Crippen molar-refractivity contribution in [3.8, 4) is 11.4 Å². The Hall–Kier alpha value is -2.81. The molecule has 9 heteroatoms. The highest BCUT2D eigenvalue weighted by Gasteiger charge is 2.32. The summed E-state index contributed by atoms with van der Waals surface area (Å²) in [5.74, 6) is -0.910. The Balaban J connectivity index is 1.72. The van der Waals surface area contributed by atoms with E-state index in [9.17, 15) is 9.59 Å². The molecule has 2 aromatic rings. The van der Waals surface area contributed by atoms with Crippen LogP contribution < -0.4 is 0 Å². The number of ether oxygens (including phenoxy) is 1. The van der Waals surface area contributed by atoms with Crippen molar-refractivity contribution >= 4 is 11.9 Å². The van der Waals surface area contributed by atoms with E-state index >= 15 is 0 Å². The molecule has 1 saturated heterocycles. The van der Waals surface area contributed by atoms with Gasteiger partial charge in [0.25, 0.3) is 0 Å². The first-order chi connectivity index (χ1) is 11.6. The van der Waals surface area contributed by atoms with Crippen molar-refractivity contribution in [2.24, 2.45) is 0 Å². The molecule has 1 aromatic carbocycles. The van der Waals surface area contributed by atoms with Crippen molar-refractivity contribution in [1.29, 1.82) is 0 Å². The minimum atomic E-state index is -1.08. The summed E-state index contributed by atoms with van der Waals surface area (Å²) in [7, 11) is 0. The molecule has 2 atom stereocenters. The number of hydrogen-bond acceptors (Lipinski definition) is 6. The number of tetrazole rings is 1. The Labute approximate surface area is 137 Å². The van der Waals surface area contributed by atoms with Crippen LogP contribution in [0, 0.1) is 0 Å². The molecule has 0 spiro atoms. The fourth-order valence-corrected chi connectivity index (χ4v) is 2.45. The maximum Gasteiger partial charge on any atom is 0.334 e. The molecule has 1 N–H and O–H groups in total. The topological polar surface area (TPSA) is 110 Å². The second-order valence-electron chi connectivity index (χ2n) is 5.46. The summed E-state index contributed by atoms with van der Waals surface area (Å²) in [5.41, 5.74) is 0.806. The largest absolute Gasteiger partial charge is 0.479 e. The number of nitrogens with zero attached hydrogens (tertiary/aromatic N) is 5. The van der Waals surface area contributed by atoms with E-state index in [1.165, 1.54) is 9.70 Å². The lowest BCUT2D eigenvalue weighted by Gasteiger charge is -2.32. The lowest BCUT2D eigenvalue weighted by atomic mass is 10.2. The number of carboxylic acid groups (broad SMARTS) is 1. The molecule has 0 bridgehead atoms. The Morgan fingerprint density at radius 1 is 1.33 bits per heavy atom. The van der Waals surface area contributed by atoms with Crippen LogP contribution in [0.25, 0.3) is 11.4 Å². The summed E-state index contributed by atoms with van der Waals surface area (Å²) < 4.78 is 5.12. The lowest BCUT2D eigenvalue weighted by Crippen LogP contribution is -2.50. The first-order valence-electron chi connectivity index (χ1n) is 7.54. The maximum absolute atomic E-state index is 12.6. The van der Waals surface area contributed by atoms with E-state index < -0.39 is 18.1 Å². The summed E-state index contributed by atoms with van der Waals surface area (Å²) in [4.78, 5) is 26.3. The zero-order valence-corrected chi connectivity index (χ0v) is 13.1. The molecular formula is C15H17N5O4. The van der Waals surface area contributed by atoms with Gasteiger partial charge in [0, 0.05) is 12.1 Å². The Morgan fingerprint density at radius 3 is 2.79 bits per heavy atom. The van der Waals surface area contributed by atoms with Crippen LogP contribution in [0.2, 0.25) is 0 Å². The zero-order valence-electron chi connectivity index (χ0n) is 13.1. The van der Waals surface area contributed by atoms with E-state index in [1.807, 2.05) is 30.3 Å². The number of rotatable bonds is 4. The fourth-order valence-electron chi connectivity index (χ4n) is 2.45. The average Bonchev–Trinajstić information content (AvgIpc) is 3.11. The fraction of sp³-hybridized carbons (Fsp3) is 0.400. The number of hydrogen-bond donors (Lipinski definition) is 1. The Kier molecular flexibility index (Phi) is 4.52. The molecule has 1 fully saturated rings. The van der Waals surface area contributed by atoms with Crippen LogP contribution in [0.4, 0.5) is 0 Å². The molecular weight excluding hydrogens is 314 g/mol. The molecule has 2 heterocycles. The van der Waals surface area contributed by atoms with Gasteiger partial charge in [-0.15, -0.1) is 10.2 Å². The molecule has 24 heavy (non-hydrogen) atoms. The van der Waals surface area contributed by atoms with Gasteiger partial charge in [0.2, 0.25) is 11.7 Å². The third kappa shape index (κ3) is 3.25. The maximum atomic E-state index is 12.6. The van der Waals surface area contributed by atoms with Gasteiger partial charge in [0.15, 0.2) is 6.10 Å². The molecule has 0 radical (unpaired) electrons. The molecule has 3 rings (SSSR count). The van der Waals surface area contributed by atoms with Gasteiger partial charge in [0.05, 0.1) is 13.2 Å². The summed E-state index contributed by atoms with van der Waals surface area (Å²) in [5, 5.41) is 21.2. The molecule has 126 valence electrons. The highest BCUT2D eigenvalue weighted by atomic mass is 16.5. The highest BCUT2D eigenvalue weighted by Crippen LogP contribution is 2.16. The van der Waals surface area contributed by atoms with Crippen molar-refractivity contribution in [3.63, 3.8) is 0 Å². The molecule has 0 saturated carbocycles. The number of amides is 1. The SMILES string of the molecule is C[C@@H](C(=O)N1CCO[C@H](C(=O)O)C1)n1nnc(-c2ccccc2)n1. The normalized spacial score (nSPS) is 19.0. The summed E-state index contributed by atoms with van der Waals surface area (Å²) in [6.07, 6.45) is -1.00. The van der Waals surface area contributed by atoms with E-state index in [1.54, 1.807) is 6.92 Å². The van der Waals surface area contributed by atoms with Crippen LogP contribution in [0.3, 0.4) is 0 Å². The third-order valence-electron chi connectivity index (χ3n) is 3.82. The first-order valence-corrected chi connectivity index (χ1v) is 7.54. The molecule has 9 nitrogen and oxygen atoms in total. The van der Waals surface area contributed by atoms with Crippen LogP contribution >= 0.6 is 0 Å². The third-order valence-corrected chi connectivity index (χ3v) is 3.82. The van der Waals surface area contributed by atoms with Crippen molar-refractivity contribution < 1.29 is 19.4 Å². The molecule has 1 aromatic heterocycles. The van der Waals surface area contributed by atoms with E-state index in [-0.39, 0.29) is 19.1 Å². The minimum Gasteiger partial charge on any atom is -0.479 e. The number of benzene rings is 1. The van der Waals surface area contributed by atoms with Crippen LogP contribution in [-0.4, -0.2) is 67.9 Å². The number of morpholine rings is 1. The average molecular weight is 331 g/mol. The van der Waals surface area contributed by atoms with Gasteiger partial charge in [-0.3, -0.25) is 4.79 Å². The van der Waals surface area contributed by atoms with Crippen LogP contribution in [0.1, 0.15) is 13.0 Å². The van der Waals surface area contributed by atoms with Gasteiger partial charge in [-0.05, 0) is 12.1 Å². The summed E-state index contributed by atoms with van der Waals surface area (Å²) in [6, 6.07) is 8.65. The van der Waals surface area contributed by atoms with Crippen molar-refractivity contribution in [3.05, 3.63) is 30.3 Å². The molecule has 1 amide bonds. The molecule has 0 unspecified atom stereocenters. The predicted molar refractivity (Wildman–Crippen MR) is 81.9 cm³/mol. The number of carbonyl (C=O) groups excluding carboxylic acids is 1. The van der Waals surface area contributed by atoms with Gasteiger partial charge in [-0.2, -0.15) is 4.80 Å². The van der Waals surface area contributed by atoms with Crippen molar-refractivity contribution in [2.75, 3.05) is 19.7 Å². The van der Waals surface area contributed by atoms with Gasteiger partial charge < -0.3 is 14.7 Å². The van der Waals surface area contributed by atoms with Crippen molar-refractivity contribution in [1.82, 2.24) is 25.1 Å². The van der Waals surface area contributed by atoms with E-state index in [0.29, 0.717) is 12.4 Å². The van der Waals surface area contributed by atoms with Gasteiger partial charge in [-0.25, -0.2) is 4.79 Å². The summed E-state index contributed by atoms with van der Waals surface area (Å²) >= 11 is 0. The van der Waals surface area contributed by atoms with E-state index in [4.69, 9.17) is 9.84 Å². The quantitative estimate of drug-likeness (QED) is 0.852. The van der Waals surface area contributed by atoms with Gasteiger partial charge in [-0.1, -0.05) is 30.3 Å². The second-order valence-corrected chi connectivity index (χ2v) is 5.46. The summed E-state index contributed by atoms with van der Waals surface area (Å²) in [6.45, 7) is 2.20. The van der Waals surface area contributed by atoms with Crippen LogP contribution in [-0.2, 0) is 14.3 Å².